The van der Waals surface area contributed by atoms with Gasteiger partial charge in [-0.25, -0.2) is 0 Å². The minimum Gasteiger partial charge on any atom is -0.494 e. The highest BCUT2D eigenvalue weighted by Gasteiger charge is 2.32. The van der Waals surface area contributed by atoms with Crippen molar-refractivity contribution in [2.24, 2.45) is 0 Å². The van der Waals surface area contributed by atoms with Gasteiger partial charge in [0, 0.05) is 13.5 Å². The summed E-state index contributed by atoms with van der Waals surface area (Å²) in [7, 11) is 3.13. The van der Waals surface area contributed by atoms with Gasteiger partial charge in [-0.15, -0.1) is 0 Å². The number of methoxy groups -OCH3 is 2. The molecule has 27 heavy (non-hydrogen) atoms. The number of halogens is 1. The highest BCUT2D eigenvalue weighted by molar-refractivity contribution is 6.32. The predicted molar refractivity (Wildman–Crippen MR) is 105 cm³/mol. The van der Waals surface area contributed by atoms with Crippen molar-refractivity contribution in [3.63, 3.8) is 0 Å². The summed E-state index contributed by atoms with van der Waals surface area (Å²) in [6, 6.07) is 9.53. The minimum atomic E-state index is -0.237. The number of fused-ring (bicyclic) bond motifs is 1. The first kappa shape index (κ1) is 19.4. The molecule has 2 aromatic rings. The molecule has 0 saturated carbocycles. The Labute approximate surface area is 164 Å². The molecule has 1 heterocycles. The molecule has 0 N–H and O–H groups in total. The molecule has 0 aromatic heterocycles. The van der Waals surface area contributed by atoms with E-state index in [9.17, 15) is 4.79 Å². The van der Waals surface area contributed by atoms with Crippen LogP contribution in [0, 0.1) is 0 Å². The summed E-state index contributed by atoms with van der Waals surface area (Å²) < 4.78 is 16.4. The lowest BCUT2D eigenvalue weighted by atomic mass is 9.87. The number of benzene rings is 2. The number of ether oxygens (including phenoxy) is 3. The van der Waals surface area contributed by atoms with Crippen LogP contribution < -0.4 is 14.2 Å². The third-order valence-electron chi connectivity index (χ3n) is 4.83. The summed E-state index contributed by atoms with van der Waals surface area (Å²) in [6.07, 6.45) is 0.785. The SMILES string of the molecule is CCOc1ccc2c(c1)CCN(C(C)=O)C2c1cc(Cl)c(OC)c(OC)c1. The van der Waals surface area contributed by atoms with E-state index in [0.717, 1.165) is 23.3 Å². The van der Waals surface area contributed by atoms with Gasteiger partial charge in [-0.05, 0) is 54.3 Å². The first-order chi connectivity index (χ1) is 13.0. The highest BCUT2D eigenvalue weighted by atomic mass is 35.5. The van der Waals surface area contributed by atoms with Crippen LogP contribution in [0.1, 0.15) is 36.6 Å². The Morgan fingerprint density at radius 2 is 2.00 bits per heavy atom. The molecule has 0 aliphatic carbocycles. The van der Waals surface area contributed by atoms with E-state index in [2.05, 4.69) is 6.07 Å². The van der Waals surface area contributed by atoms with Gasteiger partial charge < -0.3 is 19.1 Å². The standard InChI is InChI=1S/C21H24ClNO4/c1-5-27-16-6-7-17-14(10-16)8-9-23(13(2)24)20(17)15-11-18(22)21(26-4)19(12-15)25-3/h6-7,10-12,20H,5,8-9H2,1-4H3. The Kier molecular flexibility index (Phi) is 5.80. The molecule has 3 rings (SSSR count). The van der Waals surface area contributed by atoms with Crippen molar-refractivity contribution in [3.8, 4) is 17.2 Å². The molecule has 6 heteroatoms. The molecular weight excluding hydrogens is 366 g/mol. The van der Waals surface area contributed by atoms with E-state index in [1.54, 1.807) is 21.1 Å². The lowest BCUT2D eigenvalue weighted by Gasteiger charge is -2.37. The van der Waals surface area contributed by atoms with E-state index < -0.39 is 0 Å². The first-order valence-corrected chi connectivity index (χ1v) is 9.32. The van der Waals surface area contributed by atoms with Gasteiger partial charge in [0.25, 0.3) is 0 Å². The van der Waals surface area contributed by atoms with Crippen LogP contribution in [-0.2, 0) is 11.2 Å². The molecule has 2 aromatic carbocycles. The largest absolute Gasteiger partial charge is 0.494 e. The van der Waals surface area contributed by atoms with Crippen LogP contribution in [0.25, 0.3) is 0 Å². The van der Waals surface area contributed by atoms with Crippen molar-refractivity contribution in [2.45, 2.75) is 26.3 Å². The number of amides is 1. The van der Waals surface area contributed by atoms with Gasteiger partial charge in [0.2, 0.25) is 5.91 Å². The number of nitrogens with zero attached hydrogens (tertiary/aromatic N) is 1. The fourth-order valence-corrected chi connectivity index (χ4v) is 3.95. The van der Waals surface area contributed by atoms with E-state index in [0.29, 0.717) is 29.7 Å². The Balaban J connectivity index is 2.14. The molecule has 1 aliphatic rings. The quantitative estimate of drug-likeness (QED) is 0.767. The average molecular weight is 390 g/mol. The molecule has 0 spiro atoms. The molecule has 0 fully saturated rings. The molecule has 0 saturated heterocycles. The zero-order valence-electron chi connectivity index (χ0n) is 16.0. The topological polar surface area (TPSA) is 48.0 Å². The van der Waals surface area contributed by atoms with Gasteiger partial charge in [0.05, 0.1) is 31.9 Å². The van der Waals surface area contributed by atoms with E-state index in [4.69, 9.17) is 25.8 Å². The Hall–Kier alpha value is -2.40. The number of carbonyl (C=O) groups excluding carboxylic acids is 1. The molecule has 1 aliphatic heterocycles. The Morgan fingerprint density at radius 3 is 2.63 bits per heavy atom. The summed E-state index contributed by atoms with van der Waals surface area (Å²) >= 11 is 6.43. The molecule has 5 nitrogen and oxygen atoms in total. The second-order valence-electron chi connectivity index (χ2n) is 6.40. The smallest absolute Gasteiger partial charge is 0.220 e. The third-order valence-corrected chi connectivity index (χ3v) is 5.11. The number of hydrogen-bond donors (Lipinski definition) is 0. The fourth-order valence-electron chi connectivity index (χ4n) is 3.65. The van der Waals surface area contributed by atoms with Crippen molar-refractivity contribution in [2.75, 3.05) is 27.4 Å². The zero-order valence-corrected chi connectivity index (χ0v) is 16.8. The van der Waals surface area contributed by atoms with Crippen molar-refractivity contribution >= 4 is 17.5 Å². The maximum atomic E-state index is 12.3. The van der Waals surface area contributed by atoms with Crippen LogP contribution in [0.15, 0.2) is 30.3 Å². The van der Waals surface area contributed by atoms with Crippen molar-refractivity contribution < 1.29 is 19.0 Å². The highest BCUT2D eigenvalue weighted by Crippen LogP contribution is 2.43. The normalized spacial score (nSPS) is 15.9. The van der Waals surface area contributed by atoms with Crippen LogP contribution in [-0.4, -0.2) is 38.2 Å². The van der Waals surface area contributed by atoms with Crippen molar-refractivity contribution in [1.82, 2.24) is 4.90 Å². The monoisotopic (exact) mass is 389 g/mol. The van der Waals surface area contributed by atoms with Crippen LogP contribution >= 0.6 is 11.6 Å². The third kappa shape index (κ3) is 3.69. The second kappa shape index (κ2) is 8.09. The van der Waals surface area contributed by atoms with Gasteiger partial charge in [0.1, 0.15) is 5.75 Å². The lowest BCUT2D eigenvalue weighted by molar-refractivity contribution is -0.130. The van der Waals surface area contributed by atoms with E-state index in [1.807, 2.05) is 36.1 Å². The van der Waals surface area contributed by atoms with Crippen molar-refractivity contribution in [3.05, 3.63) is 52.0 Å². The zero-order chi connectivity index (χ0) is 19.6. The molecule has 0 radical (unpaired) electrons. The van der Waals surface area contributed by atoms with Gasteiger partial charge in [-0.2, -0.15) is 0 Å². The van der Waals surface area contributed by atoms with Gasteiger partial charge in [-0.1, -0.05) is 17.7 Å². The summed E-state index contributed by atoms with van der Waals surface area (Å²) in [5.41, 5.74) is 3.13. The number of rotatable bonds is 5. The average Bonchev–Trinajstić information content (AvgIpc) is 2.66. The molecular formula is C21H24ClNO4. The van der Waals surface area contributed by atoms with Gasteiger partial charge in [0.15, 0.2) is 11.5 Å². The van der Waals surface area contributed by atoms with E-state index in [1.165, 1.54) is 5.56 Å². The predicted octanol–water partition coefficient (Wildman–Crippen LogP) is 4.25. The summed E-state index contributed by atoms with van der Waals surface area (Å²) in [5.74, 6) is 1.89. The number of carbonyl (C=O) groups is 1. The summed E-state index contributed by atoms with van der Waals surface area (Å²) in [4.78, 5) is 14.2. The van der Waals surface area contributed by atoms with Crippen molar-refractivity contribution in [1.29, 1.82) is 0 Å². The lowest BCUT2D eigenvalue weighted by Crippen LogP contribution is -2.39. The van der Waals surface area contributed by atoms with Crippen LogP contribution in [0.5, 0.6) is 17.2 Å². The van der Waals surface area contributed by atoms with Crippen LogP contribution in [0.3, 0.4) is 0 Å². The van der Waals surface area contributed by atoms with Crippen LogP contribution in [0.4, 0.5) is 0 Å². The number of hydrogen-bond acceptors (Lipinski definition) is 4. The maximum absolute atomic E-state index is 12.3. The first-order valence-electron chi connectivity index (χ1n) is 8.94. The molecule has 1 amide bonds. The molecule has 144 valence electrons. The van der Waals surface area contributed by atoms with Crippen LogP contribution in [0.2, 0.25) is 5.02 Å². The van der Waals surface area contributed by atoms with Gasteiger partial charge in [-0.3, -0.25) is 4.79 Å². The summed E-state index contributed by atoms with van der Waals surface area (Å²) in [5, 5.41) is 0.452. The fraction of sp³-hybridized carbons (Fsp3) is 0.381. The Morgan fingerprint density at radius 1 is 1.22 bits per heavy atom. The molecule has 1 atom stereocenters. The van der Waals surface area contributed by atoms with Gasteiger partial charge >= 0.3 is 0 Å². The molecule has 0 bridgehead atoms. The van der Waals surface area contributed by atoms with E-state index >= 15 is 0 Å². The molecule has 1 unspecified atom stereocenters. The second-order valence-corrected chi connectivity index (χ2v) is 6.80. The summed E-state index contributed by atoms with van der Waals surface area (Å²) in [6.45, 7) is 4.81. The maximum Gasteiger partial charge on any atom is 0.220 e. The minimum absolute atomic E-state index is 0.0189. The Bertz CT molecular complexity index is 852. The van der Waals surface area contributed by atoms with E-state index in [-0.39, 0.29) is 11.9 Å².